The van der Waals surface area contributed by atoms with Crippen LogP contribution >= 0.6 is 0 Å². The summed E-state index contributed by atoms with van der Waals surface area (Å²) in [5.41, 5.74) is 4.76. The van der Waals surface area contributed by atoms with Gasteiger partial charge in [0.05, 0.1) is 0 Å². The van der Waals surface area contributed by atoms with E-state index in [1.165, 1.54) is 0 Å². The van der Waals surface area contributed by atoms with E-state index in [1.807, 2.05) is 6.92 Å². The quantitative estimate of drug-likeness (QED) is 0.609. The number of primary amides is 1. The Balaban J connectivity index is 0. The van der Waals surface area contributed by atoms with Crippen LogP contribution in [0.2, 0.25) is 0 Å². The second kappa shape index (κ2) is 6.21. The van der Waals surface area contributed by atoms with Crippen molar-refractivity contribution < 1.29 is 27.2 Å². The molecule has 0 fully saturated rings. The third kappa shape index (κ3) is 10.7. The van der Waals surface area contributed by atoms with Crippen LogP contribution in [0.4, 0.5) is 0 Å². The Kier molecular flexibility index (Phi) is 9.09. The van der Waals surface area contributed by atoms with Gasteiger partial charge in [-0.2, -0.15) is 0 Å². The summed E-state index contributed by atoms with van der Waals surface area (Å²) in [6.45, 7) is 1.92. The van der Waals surface area contributed by atoms with E-state index >= 15 is 0 Å². The summed E-state index contributed by atoms with van der Waals surface area (Å²) in [5.74, 6) is -0.211. The van der Waals surface area contributed by atoms with E-state index in [2.05, 4.69) is 0 Å². The number of carbonyl (C=O) groups excluding carboxylic acids is 1. The molecule has 0 saturated heterocycles. The van der Waals surface area contributed by atoms with Crippen molar-refractivity contribution in [2.75, 3.05) is 0 Å². The molecule has 2 N–H and O–H groups in total. The van der Waals surface area contributed by atoms with E-state index in [-0.39, 0.29) is 28.3 Å². The van der Waals surface area contributed by atoms with Gasteiger partial charge in [-0.3, -0.25) is 4.79 Å². The first-order valence-corrected chi connectivity index (χ1v) is 2.05. The molecule has 2 nitrogen and oxygen atoms in total. The molecule has 0 spiro atoms. The molecule has 41 valence electrons. The van der Waals surface area contributed by atoms with Gasteiger partial charge in [-0.15, -0.1) is 0 Å². The van der Waals surface area contributed by atoms with Crippen molar-refractivity contribution in [2.45, 2.75) is 19.8 Å². The van der Waals surface area contributed by atoms with Crippen LogP contribution in [0.5, 0.6) is 0 Å². The molecule has 0 unspecified atom stereocenters. The minimum atomic E-state index is -0.211. The van der Waals surface area contributed by atoms with Crippen LogP contribution in [-0.2, 0) is 27.2 Å². The van der Waals surface area contributed by atoms with E-state index in [0.29, 0.717) is 6.42 Å². The largest absolute Gasteiger partial charge is 0.370 e. The van der Waals surface area contributed by atoms with Gasteiger partial charge in [0, 0.05) is 28.8 Å². The number of hydrogen-bond acceptors (Lipinski definition) is 1. The van der Waals surface area contributed by atoms with Gasteiger partial charge in [0.25, 0.3) is 0 Å². The van der Waals surface area contributed by atoms with Crippen molar-refractivity contribution in [3.63, 3.8) is 0 Å². The molecule has 0 rings (SSSR count). The van der Waals surface area contributed by atoms with Crippen molar-refractivity contribution >= 4 is 5.91 Å². The molecular formula is C4H9NNbO. The van der Waals surface area contributed by atoms with Gasteiger partial charge < -0.3 is 5.73 Å². The van der Waals surface area contributed by atoms with Gasteiger partial charge in [-0.25, -0.2) is 0 Å². The van der Waals surface area contributed by atoms with Crippen LogP contribution in [0.15, 0.2) is 0 Å². The maximum absolute atomic E-state index is 9.82. The van der Waals surface area contributed by atoms with Crippen molar-refractivity contribution in [1.82, 2.24) is 0 Å². The molecule has 1 radical (unpaired) electrons. The second-order valence-electron chi connectivity index (χ2n) is 1.22. The van der Waals surface area contributed by atoms with Crippen LogP contribution in [0, 0.1) is 0 Å². The van der Waals surface area contributed by atoms with Gasteiger partial charge in [-0.1, -0.05) is 6.92 Å². The molecule has 0 aliphatic carbocycles. The molecule has 0 bridgehead atoms. The van der Waals surface area contributed by atoms with Crippen LogP contribution in [0.3, 0.4) is 0 Å². The maximum atomic E-state index is 9.82. The van der Waals surface area contributed by atoms with Gasteiger partial charge in [0.15, 0.2) is 0 Å². The zero-order chi connectivity index (χ0) is 4.99. The fraction of sp³-hybridized carbons (Fsp3) is 0.750. The van der Waals surface area contributed by atoms with Crippen LogP contribution in [0.25, 0.3) is 0 Å². The van der Waals surface area contributed by atoms with Crippen molar-refractivity contribution in [3.05, 3.63) is 0 Å². The monoisotopic (exact) mass is 180 g/mol. The molecule has 0 aliphatic rings. The first-order valence-electron chi connectivity index (χ1n) is 2.05. The summed E-state index contributed by atoms with van der Waals surface area (Å²) in [7, 11) is 0. The molecule has 1 amide bonds. The molecule has 0 atom stereocenters. The summed E-state index contributed by atoms with van der Waals surface area (Å²) in [5, 5.41) is 0. The summed E-state index contributed by atoms with van der Waals surface area (Å²) >= 11 is 0. The summed E-state index contributed by atoms with van der Waals surface area (Å²) in [4.78, 5) is 9.82. The van der Waals surface area contributed by atoms with Gasteiger partial charge in [0.1, 0.15) is 0 Å². The fourth-order valence-electron chi connectivity index (χ4n) is 0.246. The van der Waals surface area contributed by atoms with Gasteiger partial charge in [-0.05, 0) is 6.42 Å². The molecule has 0 aromatic rings. The minimum Gasteiger partial charge on any atom is -0.370 e. The molecule has 7 heavy (non-hydrogen) atoms. The zero-order valence-corrected chi connectivity index (χ0v) is 6.55. The van der Waals surface area contributed by atoms with Crippen molar-refractivity contribution in [1.29, 1.82) is 0 Å². The summed E-state index contributed by atoms with van der Waals surface area (Å²) in [6.07, 6.45) is 1.37. The van der Waals surface area contributed by atoms with E-state index in [1.54, 1.807) is 0 Å². The minimum absolute atomic E-state index is 0. The van der Waals surface area contributed by atoms with E-state index in [4.69, 9.17) is 5.73 Å². The molecule has 0 heterocycles. The molecule has 0 aromatic carbocycles. The number of hydrogen-bond donors (Lipinski definition) is 1. The third-order valence-electron chi connectivity index (χ3n) is 0.496. The second-order valence-corrected chi connectivity index (χ2v) is 1.22. The standard InChI is InChI=1S/C4H9NO.Nb/c1-2-3-4(5)6;/h2-3H2,1H3,(H2,5,6);. The Morgan fingerprint density at radius 2 is 2.14 bits per heavy atom. The van der Waals surface area contributed by atoms with Gasteiger partial charge in [0.2, 0.25) is 5.91 Å². The van der Waals surface area contributed by atoms with E-state index in [0.717, 1.165) is 6.42 Å². The van der Waals surface area contributed by atoms with Gasteiger partial charge >= 0.3 is 0 Å². The smallest absolute Gasteiger partial charge is 0.217 e. The van der Waals surface area contributed by atoms with E-state index in [9.17, 15) is 4.79 Å². The fourth-order valence-corrected chi connectivity index (χ4v) is 0.246. The third-order valence-corrected chi connectivity index (χ3v) is 0.496. The first-order chi connectivity index (χ1) is 2.77. The topological polar surface area (TPSA) is 43.1 Å². The van der Waals surface area contributed by atoms with E-state index < -0.39 is 0 Å². The van der Waals surface area contributed by atoms with Crippen molar-refractivity contribution in [3.8, 4) is 0 Å². The van der Waals surface area contributed by atoms with Crippen LogP contribution < -0.4 is 5.73 Å². The molecule has 0 aliphatic heterocycles. The number of nitrogens with two attached hydrogens (primary N) is 1. The molecule has 3 heteroatoms. The molecule has 0 saturated carbocycles. The molecular weight excluding hydrogens is 171 g/mol. The predicted molar refractivity (Wildman–Crippen MR) is 24.1 cm³/mol. The normalized spacial score (nSPS) is 7.00. The average molecular weight is 180 g/mol. The Morgan fingerprint density at radius 1 is 1.71 bits per heavy atom. The number of carbonyl (C=O) groups is 1. The predicted octanol–water partition coefficient (Wildman–Crippen LogP) is 0.269. The first kappa shape index (κ1) is 10.2. The van der Waals surface area contributed by atoms with Crippen LogP contribution in [0.1, 0.15) is 19.8 Å². The Hall–Kier alpha value is 0.210. The Bertz CT molecular complexity index is 55.7. The Morgan fingerprint density at radius 3 is 2.14 bits per heavy atom. The summed E-state index contributed by atoms with van der Waals surface area (Å²) < 4.78 is 0. The Labute approximate surface area is 59.0 Å². The zero-order valence-electron chi connectivity index (χ0n) is 4.35. The average Bonchev–Trinajstić information content (AvgIpc) is 1.35. The van der Waals surface area contributed by atoms with Crippen molar-refractivity contribution in [2.24, 2.45) is 5.73 Å². The van der Waals surface area contributed by atoms with Crippen LogP contribution in [-0.4, -0.2) is 5.91 Å². The molecule has 0 aromatic heterocycles. The number of rotatable bonds is 2. The SMILES string of the molecule is CCCC(N)=O.[Nb]. The maximum Gasteiger partial charge on any atom is 0.217 e. The summed E-state index contributed by atoms with van der Waals surface area (Å²) in [6, 6.07) is 0. The number of amides is 1.